The van der Waals surface area contributed by atoms with Crippen LogP contribution in [-0.2, 0) is 19.1 Å². The Morgan fingerprint density at radius 2 is 1.70 bits per heavy atom. The zero-order chi connectivity index (χ0) is 25.0. The maximum Gasteiger partial charge on any atom is 0.410 e. The first-order valence-electron chi connectivity index (χ1n) is 12.3. The number of amides is 2. The van der Waals surface area contributed by atoms with Gasteiger partial charge in [-0.3, -0.25) is 19.5 Å². The zero-order valence-corrected chi connectivity index (χ0v) is 21.6. The number of hydrogen-bond acceptors (Lipinski definition) is 7. The van der Waals surface area contributed by atoms with Crippen molar-refractivity contribution in [3.63, 3.8) is 0 Å². The van der Waals surface area contributed by atoms with Crippen LogP contribution in [0.4, 0.5) is 4.79 Å². The van der Waals surface area contributed by atoms with E-state index in [2.05, 4.69) is 0 Å². The minimum Gasteiger partial charge on any atom is -0.465 e. The van der Waals surface area contributed by atoms with Gasteiger partial charge in [-0.2, -0.15) is 0 Å². The molecule has 0 aromatic rings. The molecule has 0 aromatic carbocycles. The molecule has 2 aliphatic rings. The van der Waals surface area contributed by atoms with Gasteiger partial charge in [0.05, 0.1) is 18.2 Å². The van der Waals surface area contributed by atoms with Gasteiger partial charge in [0.25, 0.3) is 5.91 Å². The van der Waals surface area contributed by atoms with Gasteiger partial charge < -0.3 is 14.4 Å². The van der Waals surface area contributed by atoms with Crippen LogP contribution in [0.3, 0.4) is 0 Å². The standard InChI is InChI=1S/C24H44N4O5/c1-8-9-16-32-21(30)18-13-11-14-26(18)19(20(29)28(25)23(2,3)4)17-12-10-15-27(17)22(31)33-24(5,6)7/h17-19H,8-16,25H2,1-7H3/t17-,18-,19?/m0/s1. The van der Waals surface area contributed by atoms with Gasteiger partial charge in [0.15, 0.2) is 0 Å². The summed E-state index contributed by atoms with van der Waals surface area (Å²) in [5, 5.41) is 1.24. The maximum absolute atomic E-state index is 13.8. The first kappa shape index (κ1) is 27.4. The number of esters is 1. The van der Waals surface area contributed by atoms with Gasteiger partial charge >= 0.3 is 12.1 Å². The van der Waals surface area contributed by atoms with Crippen LogP contribution in [0.25, 0.3) is 0 Å². The number of hydrogen-bond donors (Lipinski definition) is 1. The van der Waals surface area contributed by atoms with Gasteiger partial charge in [0.2, 0.25) is 0 Å². The second-order valence-corrected chi connectivity index (χ2v) is 11.1. The molecule has 2 N–H and O–H groups in total. The molecule has 190 valence electrons. The summed E-state index contributed by atoms with van der Waals surface area (Å²) in [4.78, 5) is 43.3. The van der Waals surface area contributed by atoms with Crippen molar-refractivity contribution >= 4 is 18.0 Å². The number of carbonyl (C=O) groups excluding carboxylic acids is 3. The first-order chi connectivity index (χ1) is 15.3. The number of nitrogens with zero attached hydrogens (tertiary/aromatic N) is 3. The van der Waals surface area contributed by atoms with E-state index in [1.54, 1.807) is 4.90 Å². The predicted octanol–water partition coefficient (Wildman–Crippen LogP) is 3.06. The normalized spacial score (nSPS) is 22.8. The summed E-state index contributed by atoms with van der Waals surface area (Å²) in [5.41, 5.74) is -1.25. The van der Waals surface area contributed by atoms with E-state index < -0.39 is 35.4 Å². The van der Waals surface area contributed by atoms with Crippen LogP contribution in [0.15, 0.2) is 0 Å². The molecule has 2 amide bonds. The highest BCUT2D eigenvalue weighted by molar-refractivity contribution is 5.85. The molecule has 9 nitrogen and oxygen atoms in total. The van der Waals surface area contributed by atoms with Gasteiger partial charge in [0, 0.05) is 6.54 Å². The molecule has 1 unspecified atom stereocenters. The molecule has 2 aliphatic heterocycles. The van der Waals surface area contributed by atoms with Crippen LogP contribution in [-0.4, -0.2) is 81.7 Å². The zero-order valence-electron chi connectivity index (χ0n) is 21.6. The highest BCUT2D eigenvalue weighted by atomic mass is 16.6. The van der Waals surface area contributed by atoms with Crippen LogP contribution in [0, 0.1) is 0 Å². The Morgan fingerprint density at radius 1 is 1.06 bits per heavy atom. The predicted molar refractivity (Wildman–Crippen MR) is 126 cm³/mol. The van der Waals surface area contributed by atoms with E-state index in [1.165, 1.54) is 5.01 Å². The molecule has 3 atom stereocenters. The van der Waals surface area contributed by atoms with Crippen LogP contribution < -0.4 is 5.84 Å². The fraction of sp³-hybridized carbons (Fsp3) is 0.875. The van der Waals surface area contributed by atoms with Gasteiger partial charge in [-0.1, -0.05) is 13.3 Å². The van der Waals surface area contributed by atoms with E-state index in [1.807, 2.05) is 53.4 Å². The molecule has 9 heteroatoms. The lowest BCUT2D eigenvalue weighted by Crippen LogP contribution is -2.64. The van der Waals surface area contributed by atoms with E-state index in [-0.39, 0.29) is 11.9 Å². The molecular weight excluding hydrogens is 424 g/mol. The second-order valence-electron chi connectivity index (χ2n) is 11.1. The highest BCUT2D eigenvalue weighted by Gasteiger charge is 2.49. The first-order valence-corrected chi connectivity index (χ1v) is 12.3. The van der Waals surface area contributed by atoms with Crippen molar-refractivity contribution in [3.8, 4) is 0 Å². The van der Waals surface area contributed by atoms with Crippen molar-refractivity contribution in [1.82, 2.24) is 14.8 Å². The number of nitrogens with two attached hydrogens (primary N) is 1. The molecule has 2 saturated heterocycles. The summed E-state index contributed by atoms with van der Waals surface area (Å²) >= 11 is 0. The van der Waals surface area contributed by atoms with Crippen molar-refractivity contribution in [1.29, 1.82) is 0 Å². The number of carbonyl (C=O) groups is 3. The number of unbranched alkanes of at least 4 members (excludes halogenated alkanes) is 1. The molecule has 2 rings (SSSR count). The summed E-state index contributed by atoms with van der Waals surface area (Å²) in [5.74, 6) is 5.68. The van der Waals surface area contributed by atoms with Crippen molar-refractivity contribution in [2.75, 3.05) is 19.7 Å². The molecule has 33 heavy (non-hydrogen) atoms. The maximum atomic E-state index is 13.8. The van der Waals surface area contributed by atoms with Gasteiger partial charge in [-0.05, 0) is 80.2 Å². The summed E-state index contributed by atoms with van der Waals surface area (Å²) in [6.45, 7) is 14.5. The molecule has 0 bridgehead atoms. The average molecular weight is 469 g/mol. The number of rotatable bonds is 7. The molecule has 0 aliphatic carbocycles. The van der Waals surface area contributed by atoms with Crippen LogP contribution >= 0.6 is 0 Å². The Kier molecular flexibility index (Phi) is 9.16. The van der Waals surface area contributed by atoms with E-state index >= 15 is 0 Å². The second kappa shape index (κ2) is 11.0. The van der Waals surface area contributed by atoms with Crippen LogP contribution in [0.5, 0.6) is 0 Å². The van der Waals surface area contributed by atoms with E-state index in [9.17, 15) is 14.4 Å². The fourth-order valence-corrected chi connectivity index (χ4v) is 4.46. The molecule has 0 spiro atoms. The van der Waals surface area contributed by atoms with Crippen LogP contribution in [0.2, 0.25) is 0 Å². The van der Waals surface area contributed by atoms with Crippen molar-refractivity contribution in [2.45, 2.75) is 116 Å². The molecule has 0 saturated carbocycles. The third-order valence-electron chi connectivity index (χ3n) is 6.17. The van der Waals surface area contributed by atoms with Crippen molar-refractivity contribution in [2.24, 2.45) is 5.84 Å². The third kappa shape index (κ3) is 7.06. The molecule has 0 radical (unpaired) electrons. The van der Waals surface area contributed by atoms with Gasteiger partial charge in [-0.15, -0.1) is 0 Å². The topological polar surface area (TPSA) is 105 Å². The number of hydrazine groups is 1. The quantitative estimate of drug-likeness (QED) is 0.201. The lowest BCUT2D eigenvalue weighted by molar-refractivity contribution is -0.154. The minimum atomic E-state index is -0.740. The Hall–Kier alpha value is -1.87. The van der Waals surface area contributed by atoms with Gasteiger partial charge in [0.1, 0.15) is 17.7 Å². The summed E-state index contributed by atoms with van der Waals surface area (Å²) in [7, 11) is 0. The van der Waals surface area contributed by atoms with E-state index in [0.717, 1.165) is 25.7 Å². The third-order valence-corrected chi connectivity index (χ3v) is 6.17. The SMILES string of the molecule is CCCCOC(=O)[C@@H]1CCCN1C(C(=O)N(N)C(C)(C)C)[C@@H]1CCCN1C(=O)OC(C)(C)C. The smallest absolute Gasteiger partial charge is 0.410 e. The van der Waals surface area contributed by atoms with Crippen LogP contribution in [0.1, 0.15) is 87.0 Å². The molecular formula is C24H44N4O5. The van der Waals surface area contributed by atoms with Crippen molar-refractivity contribution in [3.05, 3.63) is 0 Å². The molecule has 0 aromatic heterocycles. The Bertz CT molecular complexity index is 700. The number of ether oxygens (including phenoxy) is 2. The monoisotopic (exact) mass is 468 g/mol. The number of likely N-dealkylation sites (tertiary alicyclic amines) is 2. The Balaban J connectivity index is 2.36. The van der Waals surface area contributed by atoms with E-state index in [4.69, 9.17) is 15.3 Å². The highest BCUT2D eigenvalue weighted by Crippen LogP contribution is 2.32. The Labute approximate surface area is 198 Å². The summed E-state index contributed by atoms with van der Waals surface area (Å²) in [6, 6.07) is -1.69. The average Bonchev–Trinajstić information content (AvgIpc) is 3.36. The van der Waals surface area contributed by atoms with Crippen molar-refractivity contribution < 1.29 is 23.9 Å². The fourth-order valence-electron chi connectivity index (χ4n) is 4.46. The lowest BCUT2D eigenvalue weighted by Gasteiger charge is -2.42. The largest absolute Gasteiger partial charge is 0.465 e. The lowest BCUT2D eigenvalue weighted by atomic mass is 9.99. The molecule has 2 heterocycles. The van der Waals surface area contributed by atoms with E-state index in [0.29, 0.717) is 32.5 Å². The summed E-state index contributed by atoms with van der Waals surface area (Å²) < 4.78 is 11.1. The Morgan fingerprint density at radius 3 is 2.27 bits per heavy atom. The minimum absolute atomic E-state index is 0.295. The summed E-state index contributed by atoms with van der Waals surface area (Å²) in [6.07, 6.45) is 4.09. The molecule has 2 fully saturated rings. The van der Waals surface area contributed by atoms with Gasteiger partial charge in [-0.25, -0.2) is 10.6 Å².